The Bertz CT molecular complexity index is 967. The van der Waals surface area contributed by atoms with Gasteiger partial charge in [-0.05, 0) is 49.1 Å². The second-order valence-corrected chi connectivity index (χ2v) is 11.0. The number of likely N-dealkylation sites (N-methyl/N-ethyl adjacent to an activating group) is 1. The van der Waals surface area contributed by atoms with Gasteiger partial charge in [0.2, 0.25) is 15.9 Å². The minimum atomic E-state index is -4.08. The fraction of sp³-hybridized carbons (Fsp3) is 0.619. The summed E-state index contributed by atoms with van der Waals surface area (Å²) in [5.41, 5.74) is 0. The van der Waals surface area contributed by atoms with Gasteiger partial charge in [-0.3, -0.25) is 9.69 Å². The highest BCUT2D eigenvalue weighted by Crippen LogP contribution is 2.40. The number of halogens is 2. The molecular weight excluding hydrogens is 444 g/mol. The van der Waals surface area contributed by atoms with Crippen molar-refractivity contribution in [2.45, 2.75) is 50.1 Å². The van der Waals surface area contributed by atoms with E-state index in [2.05, 4.69) is 5.32 Å². The van der Waals surface area contributed by atoms with Crippen molar-refractivity contribution in [3.05, 3.63) is 29.8 Å². The number of hydrogen-bond donors (Lipinski definition) is 2. The van der Waals surface area contributed by atoms with Crippen molar-refractivity contribution in [2.75, 3.05) is 20.1 Å². The van der Waals surface area contributed by atoms with Crippen LogP contribution in [0.5, 0.6) is 0 Å². The number of nitrogens with zero attached hydrogens (tertiary/aromatic N) is 2. The van der Waals surface area contributed by atoms with Crippen molar-refractivity contribution in [1.29, 1.82) is 0 Å². The molecule has 0 spiro atoms. The molecule has 1 saturated heterocycles. The van der Waals surface area contributed by atoms with Gasteiger partial charge in [-0.1, -0.05) is 13.8 Å². The van der Waals surface area contributed by atoms with Gasteiger partial charge in [0, 0.05) is 32.2 Å². The average Bonchev–Trinajstić information content (AvgIpc) is 3.27. The molecule has 2 N–H and O–H groups in total. The number of carboxylic acid groups (broad SMARTS) is 1. The Labute approximate surface area is 186 Å². The number of sulfonamides is 1. The van der Waals surface area contributed by atoms with E-state index in [9.17, 15) is 31.9 Å². The van der Waals surface area contributed by atoms with Crippen LogP contribution >= 0.6 is 0 Å². The Morgan fingerprint density at radius 1 is 1.19 bits per heavy atom. The highest BCUT2D eigenvalue weighted by Gasteiger charge is 2.47. The van der Waals surface area contributed by atoms with Gasteiger partial charge in [0.25, 0.3) is 0 Å². The lowest BCUT2D eigenvalue weighted by Crippen LogP contribution is -2.51. The third kappa shape index (κ3) is 5.03. The first-order chi connectivity index (χ1) is 14.9. The Hall–Kier alpha value is -2.27. The molecule has 1 aromatic carbocycles. The van der Waals surface area contributed by atoms with E-state index in [0.717, 1.165) is 17.0 Å². The molecular formula is C21H29F2N3O5S. The van der Waals surface area contributed by atoms with Crippen LogP contribution in [0.3, 0.4) is 0 Å². The molecule has 11 heteroatoms. The van der Waals surface area contributed by atoms with Crippen LogP contribution in [-0.2, 0) is 14.8 Å². The number of nitrogens with one attached hydrogen (secondary N) is 1. The zero-order chi connectivity index (χ0) is 23.8. The summed E-state index contributed by atoms with van der Waals surface area (Å²) in [5.74, 6) is -2.37. The lowest BCUT2D eigenvalue weighted by atomic mass is 9.96. The molecule has 2 fully saturated rings. The summed E-state index contributed by atoms with van der Waals surface area (Å²) in [5, 5.41) is 12.3. The molecule has 8 nitrogen and oxygen atoms in total. The van der Waals surface area contributed by atoms with Crippen LogP contribution in [-0.4, -0.2) is 67.0 Å². The van der Waals surface area contributed by atoms with Gasteiger partial charge in [0.1, 0.15) is 17.7 Å². The summed E-state index contributed by atoms with van der Waals surface area (Å²) in [6.45, 7) is 4.13. The number of rotatable bonds is 7. The molecule has 32 heavy (non-hydrogen) atoms. The van der Waals surface area contributed by atoms with Gasteiger partial charge in [0.15, 0.2) is 0 Å². The van der Waals surface area contributed by atoms with Crippen molar-refractivity contribution in [2.24, 2.45) is 17.8 Å². The first-order valence-corrected chi connectivity index (χ1v) is 12.1. The number of carbonyl (C=O) groups is 2. The van der Waals surface area contributed by atoms with Crippen molar-refractivity contribution in [3.8, 4) is 0 Å². The van der Waals surface area contributed by atoms with Crippen molar-refractivity contribution in [3.63, 3.8) is 0 Å². The number of fused-ring (bicyclic) bond motifs is 1. The lowest BCUT2D eigenvalue weighted by molar-refractivity contribution is -0.127. The largest absolute Gasteiger partial charge is 0.465 e. The van der Waals surface area contributed by atoms with E-state index in [-0.39, 0.29) is 36.9 Å². The second kappa shape index (κ2) is 9.30. The first kappa shape index (κ1) is 24.4. The molecule has 0 aromatic heterocycles. The molecule has 1 aliphatic carbocycles. The molecule has 1 saturated carbocycles. The van der Waals surface area contributed by atoms with E-state index in [0.29, 0.717) is 25.3 Å². The van der Waals surface area contributed by atoms with E-state index >= 15 is 0 Å². The standard InChI is InChI=1S/C21H29F2N3O5S/c1-12(2)6-19(25(3)21(28)29)20(27)24-18-5-4-13-10-26(11-17(13)18)32(30,31)16-8-14(22)7-15(23)9-16/h7-9,12-13,17-19H,4-6,10-11H2,1-3H3,(H,24,27)(H,28,29)/t13-,17+,18+,19?/m0/s1. The van der Waals surface area contributed by atoms with E-state index in [1.54, 1.807) is 0 Å². The monoisotopic (exact) mass is 473 g/mol. The predicted octanol–water partition coefficient (Wildman–Crippen LogP) is 2.50. The molecule has 1 aliphatic heterocycles. The normalized spacial score (nSPS) is 24.4. The van der Waals surface area contributed by atoms with Crippen LogP contribution in [0.1, 0.15) is 33.1 Å². The fourth-order valence-corrected chi connectivity index (χ4v) is 6.30. The van der Waals surface area contributed by atoms with Gasteiger partial charge in [-0.15, -0.1) is 0 Å². The molecule has 0 bridgehead atoms. The smallest absolute Gasteiger partial charge is 0.407 e. The number of benzene rings is 1. The topological polar surface area (TPSA) is 107 Å². The highest BCUT2D eigenvalue weighted by molar-refractivity contribution is 7.89. The summed E-state index contributed by atoms with van der Waals surface area (Å²) < 4.78 is 54.2. The minimum Gasteiger partial charge on any atom is -0.465 e. The van der Waals surface area contributed by atoms with Crippen LogP contribution in [0, 0.1) is 29.4 Å². The predicted molar refractivity (Wildman–Crippen MR) is 112 cm³/mol. The van der Waals surface area contributed by atoms with Crippen molar-refractivity contribution >= 4 is 22.0 Å². The van der Waals surface area contributed by atoms with Gasteiger partial charge in [-0.2, -0.15) is 4.31 Å². The minimum absolute atomic E-state index is 0.00855. The van der Waals surface area contributed by atoms with E-state index in [4.69, 9.17) is 0 Å². The summed E-state index contributed by atoms with van der Waals surface area (Å²) in [4.78, 5) is 24.9. The molecule has 2 aliphatic rings. The SMILES string of the molecule is CC(C)CC(C(=O)N[C@@H]1CC[C@H]2CN(S(=O)(=O)c3cc(F)cc(F)c3)C[C@H]21)N(C)C(=O)O. The lowest BCUT2D eigenvalue weighted by Gasteiger charge is -2.29. The number of hydrogen-bond acceptors (Lipinski definition) is 4. The molecule has 3 rings (SSSR count). The average molecular weight is 474 g/mol. The van der Waals surface area contributed by atoms with Crippen molar-refractivity contribution < 1.29 is 31.9 Å². The van der Waals surface area contributed by atoms with Gasteiger partial charge in [0.05, 0.1) is 4.90 Å². The van der Waals surface area contributed by atoms with Gasteiger partial charge < -0.3 is 10.4 Å². The van der Waals surface area contributed by atoms with E-state index < -0.39 is 44.6 Å². The Balaban J connectivity index is 1.72. The van der Waals surface area contributed by atoms with Gasteiger partial charge >= 0.3 is 6.09 Å². The second-order valence-electron chi connectivity index (χ2n) is 9.08. The number of carbonyl (C=O) groups excluding carboxylic acids is 1. The fourth-order valence-electron chi connectivity index (χ4n) is 4.73. The molecule has 1 unspecified atom stereocenters. The Morgan fingerprint density at radius 2 is 1.81 bits per heavy atom. The molecule has 1 aromatic rings. The van der Waals surface area contributed by atoms with Gasteiger partial charge in [-0.25, -0.2) is 22.0 Å². The van der Waals surface area contributed by atoms with Crippen LogP contribution in [0.4, 0.5) is 13.6 Å². The summed E-state index contributed by atoms with van der Waals surface area (Å²) in [6, 6.07) is 1.07. The van der Waals surface area contributed by atoms with Crippen LogP contribution in [0.15, 0.2) is 23.1 Å². The quantitative estimate of drug-likeness (QED) is 0.633. The maximum atomic E-state index is 13.6. The summed E-state index contributed by atoms with van der Waals surface area (Å²) in [6.07, 6.45) is 0.522. The molecule has 4 atom stereocenters. The molecule has 178 valence electrons. The Kier molecular flexibility index (Phi) is 7.09. The number of amides is 2. The zero-order valence-corrected chi connectivity index (χ0v) is 19.1. The summed E-state index contributed by atoms with van der Waals surface area (Å²) >= 11 is 0. The molecule has 0 radical (unpaired) electrons. The zero-order valence-electron chi connectivity index (χ0n) is 18.3. The summed E-state index contributed by atoms with van der Waals surface area (Å²) in [7, 11) is -2.72. The maximum absolute atomic E-state index is 13.6. The maximum Gasteiger partial charge on any atom is 0.407 e. The first-order valence-electron chi connectivity index (χ1n) is 10.6. The van der Waals surface area contributed by atoms with Crippen LogP contribution < -0.4 is 5.32 Å². The van der Waals surface area contributed by atoms with Crippen LogP contribution in [0.2, 0.25) is 0 Å². The van der Waals surface area contributed by atoms with Crippen molar-refractivity contribution in [1.82, 2.24) is 14.5 Å². The third-order valence-corrected chi connectivity index (χ3v) is 8.20. The highest BCUT2D eigenvalue weighted by atomic mass is 32.2. The third-order valence-electron chi connectivity index (χ3n) is 6.39. The van der Waals surface area contributed by atoms with Crippen LogP contribution in [0.25, 0.3) is 0 Å². The Morgan fingerprint density at radius 3 is 2.38 bits per heavy atom. The molecule has 2 amide bonds. The van der Waals surface area contributed by atoms with E-state index in [1.807, 2.05) is 13.8 Å². The van der Waals surface area contributed by atoms with E-state index in [1.165, 1.54) is 11.4 Å². The molecule has 1 heterocycles.